The molecule has 0 aromatic heterocycles. The first-order valence-corrected chi connectivity index (χ1v) is 8.35. The molecule has 3 atom stereocenters. The molecule has 1 fully saturated rings. The van der Waals surface area contributed by atoms with Crippen LogP contribution in [-0.4, -0.2) is 25.2 Å². The maximum Gasteiger partial charge on any atom is 0.160 e. The summed E-state index contributed by atoms with van der Waals surface area (Å²) in [7, 11) is 0. The molecule has 0 aliphatic carbocycles. The summed E-state index contributed by atoms with van der Waals surface area (Å²) in [6.45, 7) is 8.62. The van der Waals surface area contributed by atoms with Crippen molar-refractivity contribution in [2.75, 3.05) is 18.0 Å². The third-order valence-corrected chi connectivity index (χ3v) is 5.08. The van der Waals surface area contributed by atoms with E-state index in [1.807, 2.05) is 0 Å². The molecule has 3 unspecified atom stereocenters. The summed E-state index contributed by atoms with van der Waals surface area (Å²) in [5.41, 5.74) is 0.902. The summed E-state index contributed by atoms with van der Waals surface area (Å²) >= 11 is 11.8. The molecule has 21 heavy (non-hydrogen) atoms. The molecule has 1 heterocycles. The molecule has 5 heteroatoms. The highest BCUT2D eigenvalue weighted by atomic mass is 35.5. The molecule has 0 radical (unpaired) electrons. The highest BCUT2D eigenvalue weighted by Crippen LogP contribution is 2.34. The van der Waals surface area contributed by atoms with Crippen molar-refractivity contribution in [1.82, 2.24) is 5.32 Å². The molecule has 1 aromatic carbocycles. The molecule has 1 aliphatic rings. The fraction of sp³-hybridized carbons (Fsp3) is 0.625. The van der Waals surface area contributed by atoms with Crippen molar-refractivity contribution >= 4 is 28.9 Å². The number of rotatable bonds is 4. The number of anilines is 1. The van der Waals surface area contributed by atoms with Crippen molar-refractivity contribution in [3.63, 3.8) is 0 Å². The topological polar surface area (TPSA) is 15.3 Å². The van der Waals surface area contributed by atoms with Crippen molar-refractivity contribution < 1.29 is 4.39 Å². The van der Waals surface area contributed by atoms with Gasteiger partial charge in [0.1, 0.15) is 0 Å². The van der Waals surface area contributed by atoms with Gasteiger partial charge >= 0.3 is 0 Å². The zero-order chi connectivity index (χ0) is 15.6. The van der Waals surface area contributed by atoms with Crippen LogP contribution >= 0.6 is 23.2 Å². The van der Waals surface area contributed by atoms with Gasteiger partial charge in [0, 0.05) is 24.3 Å². The minimum absolute atomic E-state index is 0.0867. The fourth-order valence-corrected chi connectivity index (χ4v) is 3.53. The van der Waals surface area contributed by atoms with Gasteiger partial charge < -0.3 is 10.2 Å². The molecule has 0 bridgehead atoms. The minimum atomic E-state index is -0.540. The van der Waals surface area contributed by atoms with E-state index in [4.69, 9.17) is 23.2 Å². The largest absolute Gasteiger partial charge is 0.368 e. The molecule has 0 saturated carbocycles. The van der Waals surface area contributed by atoms with Gasteiger partial charge in [-0.1, -0.05) is 37.0 Å². The van der Waals surface area contributed by atoms with E-state index in [9.17, 15) is 4.39 Å². The third-order valence-electron chi connectivity index (χ3n) is 4.52. The van der Waals surface area contributed by atoms with Gasteiger partial charge in [0.15, 0.2) is 5.82 Å². The van der Waals surface area contributed by atoms with E-state index < -0.39 is 5.82 Å². The van der Waals surface area contributed by atoms with Crippen LogP contribution in [0.1, 0.15) is 33.6 Å². The zero-order valence-electron chi connectivity index (χ0n) is 12.8. The van der Waals surface area contributed by atoms with Crippen LogP contribution < -0.4 is 10.2 Å². The monoisotopic (exact) mass is 332 g/mol. The SMILES string of the molecule is CCCNC1CCN(c2cc(Cl)c(F)c(Cl)c2)C(C)C1C. The molecular weight excluding hydrogens is 310 g/mol. The first kappa shape index (κ1) is 16.9. The Balaban J connectivity index is 2.16. The summed E-state index contributed by atoms with van der Waals surface area (Å²) in [5, 5.41) is 3.79. The lowest BCUT2D eigenvalue weighted by atomic mass is 9.86. The Kier molecular flexibility index (Phi) is 5.75. The maximum absolute atomic E-state index is 13.6. The average Bonchev–Trinajstić information content (AvgIpc) is 2.46. The van der Waals surface area contributed by atoms with Gasteiger partial charge in [0.2, 0.25) is 0 Å². The number of nitrogens with zero attached hydrogens (tertiary/aromatic N) is 1. The maximum atomic E-state index is 13.6. The van der Waals surface area contributed by atoms with Crippen LogP contribution in [-0.2, 0) is 0 Å². The van der Waals surface area contributed by atoms with Gasteiger partial charge in [-0.05, 0) is 44.4 Å². The Morgan fingerprint density at radius 1 is 1.29 bits per heavy atom. The molecule has 2 rings (SSSR count). The lowest BCUT2D eigenvalue weighted by Crippen LogP contribution is -2.53. The molecule has 1 aromatic rings. The standard InChI is InChI=1S/C16H23Cl2FN2/c1-4-6-20-15-5-7-21(11(3)10(15)2)12-8-13(17)16(19)14(18)9-12/h8-11,15,20H,4-7H2,1-3H3. The number of benzene rings is 1. The van der Waals surface area contributed by atoms with Crippen molar-refractivity contribution in [1.29, 1.82) is 0 Å². The summed E-state index contributed by atoms with van der Waals surface area (Å²) in [4.78, 5) is 2.27. The summed E-state index contributed by atoms with van der Waals surface area (Å²) in [5.74, 6) is -0.0322. The number of halogens is 3. The van der Waals surface area contributed by atoms with Crippen LogP contribution in [0.3, 0.4) is 0 Å². The first-order valence-electron chi connectivity index (χ1n) is 7.60. The third kappa shape index (κ3) is 3.64. The first-order chi connectivity index (χ1) is 9.95. The van der Waals surface area contributed by atoms with Crippen molar-refractivity contribution in [2.24, 2.45) is 5.92 Å². The van der Waals surface area contributed by atoms with E-state index in [-0.39, 0.29) is 10.0 Å². The quantitative estimate of drug-likeness (QED) is 0.801. The number of piperidine rings is 1. The van der Waals surface area contributed by atoms with E-state index in [1.54, 1.807) is 12.1 Å². The zero-order valence-corrected chi connectivity index (χ0v) is 14.3. The Labute approximate surface area is 136 Å². The second kappa shape index (κ2) is 7.17. The average molecular weight is 333 g/mol. The Morgan fingerprint density at radius 3 is 2.48 bits per heavy atom. The summed E-state index contributed by atoms with van der Waals surface area (Å²) in [6, 6.07) is 4.23. The molecule has 0 spiro atoms. The highest BCUT2D eigenvalue weighted by molar-refractivity contribution is 6.35. The van der Waals surface area contributed by atoms with Crippen LogP contribution in [0.5, 0.6) is 0 Å². The number of hydrogen-bond acceptors (Lipinski definition) is 2. The van der Waals surface area contributed by atoms with Crippen LogP contribution in [0.4, 0.5) is 10.1 Å². The van der Waals surface area contributed by atoms with Gasteiger partial charge in [-0.2, -0.15) is 0 Å². The van der Waals surface area contributed by atoms with E-state index in [2.05, 4.69) is 31.0 Å². The van der Waals surface area contributed by atoms with Crippen molar-refractivity contribution in [2.45, 2.75) is 45.7 Å². The van der Waals surface area contributed by atoms with Crippen LogP contribution in [0.25, 0.3) is 0 Å². The van der Waals surface area contributed by atoms with Crippen LogP contribution in [0.15, 0.2) is 12.1 Å². The minimum Gasteiger partial charge on any atom is -0.368 e. The van der Waals surface area contributed by atoms with Crippen molar-refractivity contribution in [3.05, 3.63) is 28.0 Å². The molecular formula is C16H23Cl2FN2. The number of nitrogens with one attached hydrogen (secondary N) is 1. The Morgan fingerprint density at radius 2 is 1.90 bits per heavy atom. The van der Waals surface area contributed by atoms with E-state index >= 15 is 0 Å². The predicted molar refractivity (Wildman–Crippen MR) is 89.1 cm³/mol. The predicted octanol–water partition coefficient (Wildman–Crippen LogP) is 4.74. The Hall–Kier alpha value is -0.510. The van der Waals surface area contributed by atoms with Gasteiger partial charge in [0.25, 0.3) is 0 Å². The highest BCUT2D eigenvalue weighted by Gasteiger charge is 2.32. The second-order valence-corrected chi connectivity index (χ2v) is 6.68. The molecule has 1 N–H and O–H groups in total. The molecule has 118 valence electrons. The van der Waals surface area contributed by atoms with Gasteiger partial charge in [-0.3, -0.25) is 0 Å². The van der Waals surface area contributed by atoms with Gasteiger partial charge in [0.05, 0.1) is 10.0 Å². The second-order valence-electron chi connectivity index (χ2n) is 5.87. The summed E-state index contributed by atoms with van der Waals surface area (Å²) in [6.07, 6.45) is 2.21. The molecule has 0 amide bonds. The molecule has 1 aliphatic heterocycles. The molecule has 1 saturated heterocycles. The lowest BCUT2D eigenvalue weighted by molar-refractivity contribution is 0.271. The van der Waals surface area contributed by atoms with Crippen molar-refractivity contribution in [3.8, 4) is 0 Å². The smallest absolute Gasteiger partial charge is 0.160 e. The molecule has 2 nitrogen and oxygen atoms in total. The van der Waals surface area contributed by atoms with Crippen LogP contribution in [0.2, 0.25) is 10.0 Å². The van der Waals surface area contributed by atoms with E-state index in [0.29, 0.717) is 18.0 Å². The fourth-order valence-electron chi connectivity index (χ4n) is 3.05. The summed E-state index contributed by atoms with van der Waals surface area (Å²) < 4.78 is 13.6. The van der Waals surface area contributed by atoms with Crippen LogP contribution in [0, 0.1) is 11.7 Å². The number of hydrogen-bond donors (Lipinski definition) is 1. The lowest BCUT2D eigenvalue weighted by Gasteiger charge is -2.44. The van der Waals surface area contributed by atoms with Gasteiger partial charge in [-0.15, -0.1) is 0 Å². The van der Waals surface area contributed by atoms with E-state index in [1.165, 1.54) is 0 Å². The Bertz CT molecular complexity index is 472. The van der Waals surface area contributed by atoms with E-state index in [0.717, 1.165) is 31.6 Å². The van der Waals surface area contributed by atoms with Gasteiger partial charge in [-0.25, -0.2) is 4.39 Å². The normalized spacial score (nSPS) is 26.2.